The Morgan fingerprint density at radius 2 is 2.09 bits per heavy atom. The van der Waals surface area contributed by atoms with E-state index in [1.54, 1.807) is 25.3 Å². The van der Waals surface area contributed by atoms with Crippen molar-refractivity contribution in [2.24, 2.45) is 5.92 Å². The molecule has 0 bridgehead atoms. The number of nitrogens with one attached hydrogen (secondary N) is 1. The van der Waals surface area contributed by atoms with Gasteiger partial charge in [0.15, 0.2) is 0 Å². The van der Waals surface area contributed by atoms with Gasteiger partial charge in [-0.25, -0.2) is 0 Å². The first-order valence-electron chi connectivity index (χ1n) is 7.48. The van der Waals surface area contributed by atoms with Crippen LogP contribution in [-0.4, -0.2) is 22.8 Å². The second-order valence-electron chi connectivity index (χ2n) is 5.71. The maximum atomic E-state index is 12.4. The van der Waals surface area contributed by atoms with E-state index in [4.69, 9.17) is 16.3 Å². The molecule has 2 rings (SSSR count). The summed E-state index contributed by atoms with van der Waals surface area (Å²) in [6.07, 6.45) is 0. The molecule has 1 atom stereocenters. The SMILES string of the molecule is COc1ccc(Cl)cc1NC(=O)C(C)Cn1nc(C)c(C)c1C. The number of carbonyl (C=O) groups excluding carboxylic acids is 1. The summed E-state index contributed by atoms with van der Waals surface area (Å²) in [5, 5.41) is 7.90. The Balaban J connectivity index is 2.11. The maximum Gasteiger partial charge on any atom is 0.229 e. The lowest BCUT2D eigenvalue weighted by molar-refractivity contribution is -0.119. The molecule has 0 radical (unpaired) electrons. The molecule has 0 aliphatic heterocycles. The first-order chi connectivity index (χ1) is 10.8. The van der Waals surface area contributed by atoms with Gasteiger partial charge in [0.25, 0.3) is 0 Å². The van der Waals surface area contributed by atoms with Crippen molar-refractivity contribution in [3.05, 3.63) is 40.2 Å². The Kier molecular flexibility index (Phi) is 5.31. The third kappa shape index (κ3) is 3.85. The molecule has 2 aromatic rings. The number of aromatic nitrogens is 2. The Hall–Kier alpha value is -2.01. The second kappa shape index (κ2) is 7.04. The summed E-state index contributed by atoms with van der Waals surface area (Å²) >= 11 is 5.99. The summed E-state index contributed by atoms with van der Waals surface area (Å²) in [5.41, 5.74) is 3.81. The second-order valence-corrected chi connectivity index (χ2v) is 6.15. The number of carbonyl (C=O) groups is 1. The van der Waals surface area contributed by atoms with Crippen LogP contribution in [0.15, 0.2) is 18.2 Å². The maximum absolute atomic E-state index is 12.4. The van der Waals surface area contributed by atoms with E-state index >= 15 is 0 Å². The number of rotatable bonds is 5. The molecule has 0 aliphatic carbocycles. The molecular formula is C17H22ClN3O2. The van der Waals surface area contributed by atoms with Crippen molar-refractivity contribution < 1.29 is 9.53 Å². The van der Waals surface area contributed by atoms with Gasteiger partial charge < -0.3 is 10.1 Å². The van der Waals surface area contributed by atoms with Crippen molar-refractivity contribution >= 4 is 23.2 Å². The lowest BCUT2D eigenvalue weighted by atomic mass is 10.1. The van der Waals surface area contributed by atoms with E-state index in [0.717, 1.165) is 17.0 Å². The number of amides is 1. The number of hydrogen-bond acceptors (Lipinski definition) is 3. The third-order valence-corrected chi connectivity index (χ3v) is 4.29. The molecule has 0 aliphatic rings. The van der Waals surface area contributed by atoms with E-state index in [0.29, 0.717) is 23.0 Å². The van der Waals surface area contributed by atoms with Crippen molar-refractivity contribution in [2.75, 3.05) is 12.4 Å². The molecule has 6 heteroatoms. The Bertz CT molecular complexity index is 725. The van der Waals surface area contributed by atoms with Gasteiger partial charge in [-0.3, -0.25) is 9.48 Å². The van der Waals surface area contributed by atoms with Crippen molar-refractivity contribution in [2.45, 2.75) is 34.2 Å². The predicted molar refractivity (Wildman–Crippen MR) is 92.2 cm³/mol. The number of benzene rings is 1. The summed E-state index contributed by atoms with van der Waals surface area (Å²) in [7, 11) is 1.56. The predicted octanol–water partition coefficient (Wildman–Crippen LogP) is 3.75. The lowest BCUT2D eigenvalue weighted by Gasteiger charge is -2.15. The van der Waals surface area contributed by atoms with E-state index in [1.165, 1.54) is 0 Å². The monoisotopic (exact) mass is 335 g/mol. The fourth-order valence-corrected chi connectivity index (χ4v) is 2.51. The smallest absolute Gasteiger partial charge is 0.229 e. The topological polar surface area (TPSA) is 56.1 Å². The number of halogens is 1. The molecule has 5 nitrogen and oxygen atoms in total. The van der Waals surface area contributed by atoms with Gasteiger partial charge in [0, 0.05) is 10.7 Å². The highest BCUT2D eigenvalue weighted by Gasteiger charge is 2.18. The molecule has 0 spiro atoms. The molecule has 0 fully saturated rings. The number of anilines is 1. The van der Waals surface area contributed by atoms with Gasteiger partial charge in [-0.15, -0.1) is 0 Å². The first-order valence-corrected chi connectivity index (χ1v) is 7.86. The van der Waals surface area contributed by atoms with E-state index < -0.39 is 0 Å². The summed E-state index contributed by atoms with van der Waals surface area (Å²) in [6, 6.07) is 5.13. The first kappa shape index (κ1) is 17.3. The minimum atomic E-state index is -0.240. The number of hydrogen-bond donors (Lipinski definition) is 1. The van der Waals surface area contributed by atoms with Crippen LogP contribution in [0.3, 0.4) is 0 Å². The molecule has 1 N–H and O–H groups in total. The van der Waals surface area contributed by atoms with Gasteiger partial charge in [0.05, 0.1) is 31.0 Å². The van der Waals surface area contributed by atoms with E-state index in [9.17, 15) is 4.79 Å². The molecule has 0 saturated heterocycles. The molecule has 1 aromatic heterocycles. The number of ether oxygens (including phenoxy) is 1. The van der Waals surface area contributed by atoms with Crippen LogP contribution in [0.1, 0.15) is 23.9 Å². The zero-order valence-corrected chi connectivity index (χ0v) is 14.9. The lowest BCUT2D eigenvalue weighted by Crippen LogP contribution is -2.25. The van der Waals surface area contributed by atoms with Gasteiger partial charge in [0.1, 0.15) is 5.75 Å². The average molecular weight is 336 g/mol. The Morgan fingerprint density at radius 3 is 2.65 bits per heavy atom. The molecule has 1 unspecified atom stereocenters. The quantitative estimate of drug-likeness (QED) is 0.905. The molecule has 1 aromatic carbocycles. The van der Waals surface area contributed by atoms with Crippen LogP contribution >= 0.6 is 11.6 Å². The van der Waals surface area contributed by atoms with Crippen molar-refractivity contribution in [3.8, 4) is 5.75 Å². The molecule has 23 heavy (non-hydrogen) atoms. The summed E-state index contributed by atoms with van der Waals surface area (Å²) < 4.78 is 7.13. The fraction of sp³-hybridized carbons (Fsp3) is 0.412. The highest BCUT2D eigenvalue weighted by atomic mass is 35.5. The molecule has 1 heterocycles. The molecular weight excluding hydrogens is 314 g/mol. The van der Waals surface area contributed by atoms with Gasteiger partial charge in [-0.05, 0) is 44.5 Å². The standard InChI is InChI=1S/C17H22ClN3O2/c1-10(9-21-13(4)11(2)12(3)20-21)17(22)19-15-8-14(18)6-7-16(15)23-5/h6-8,10H,9H2,1-5H3,(H,19,22). The van der Waals surface area contributed by atoms with Gasteiger partial charge in [0.2, 0.25) is 5.91 Å². The van der Waals surface area contributed by atoms with Crippen molar-refractivity contribution in [3.63, 3.8) is 0 Å². The number of nitrogens with zero attached hydrogens (tertiary/aromatic N) is 2. The third-order valence-electron chi connectivity index (χ3n) is 4.06. The largest absolute Gasteiger partial charge is 0.495 e. The van der Waals surface area contributed by atoms with E-state index in [-0.39, 0.29) is 11.8 Å². The van der Waals surface area contributed by atoms with Gasteiger partial charge in [-0.1, -0.05) is 18.5 Å². The van der Waals surface area contributed by atoms with Crippen LogP contribution in [0.4, 0.5) is 5.69 Å². The summed E-state index contributed by atoms with van der Waals surface area (Å²) in [6.45, 7) is 8.42. The fourth-order valence-electron chi connectivity index (χ4n) is 2.34. The average Bonchev–Trinajstić information content (AvgIpc) is 2.74. The number of methoxy groups -OCH3 is 1. The minimum Gasteiger partial charge on any atom is -0.495 e. The van der Waals surface area contributed by atoms with Crippen LogP contribution in [0.5, 0.6) is 5.75 Å². The minimum absolute atomic E-state index is 0.101. The normalized spacial score (nSPS) is 12.1. The zero-order valence-electron chi connectivity index (χ0n) is 14.1. The van der Waals surface area contributed by atoms with E-state index in [2.05, 4.69) is 10.4 Å². The highest BCUT2D eigenvalue weighted by molar-refractivity contribution is 6.31. The molecule has 0 saturated carbocycles. The summed E-state index contributed by atoms with van der Waals surface area (Å²) in [5.74, 6) is 0.240. The highest BCUT2D eigenvalue weighted by Crippen LogP contribution is 2.28. The zero-order chi connectivity index (χ0) is 17.1. The summed E-state index contributed by atoms with van der Waals surface area (Å²) in [4.78, 5) is 12.4. The Morgan fingerprint density at radius 1 is 1.39 bits per heavy atom. The molecule has 124 valence electrons. The van der Waals surface area contributed by atoms with Crippen LogP contribution < -0.4 is 10.1 Å². The van der Waals surface area contributed by atoms with Gasteiger partial charge >= 0.3 is 0 Å². The van der Waals surface area contributed by atoms with E-state index in [1.807, 2.05) is 32.4 Å². The Labute approximate surface area is 141 Å². The van der Waals surface area contributed by atoms with Crippen molar-refractivity contribution in [1.82, 2.24) is 9.78 Å². The van der Waals surface area contributed by atoms with Crippen LogP contribution in [0.25, 0.3) is 0 Å². The van der Waals surface area contributed by atoms with Crippen molar-refractivity contribution in [1.29, 1.82) is 0 Å². The van der Waals surface area contributed by atoms with Crippen LogP contribution in [0.2, 0.25) is 5.02 Å². The van der Waals surface area contributed by atoms with Gasteiger partial charge in [-0.2, -0.15) is 5.10 Å². The van der Waals surface area contributed by atoms with Crippen LogP contribution in [-0.2, 0) is 11.3 Å². The van der Waals surface area contributed by atoms with Crippen LogP contribution in [0, 0.1) is 26.7 Å². The number of aryl methyl sites for hydroxylation is 1. The molecule has 1 amide bonds.